The van der Waals surface area contributed by atoms with E-state index in [0.29, 0.717) is 5.92 Å². The standard InChI is InChI=1S/C20H23NO3/c1-4-15-10-17-8-13(5-6-16(17)11-19(15)23-2)7-14-9-18(21-12-14)20(22)24-3/h4-6,8,10-11,14,18,21H,1,7,9,12H2,2-3H3. The molecule has 2 aromatic rings. The zero-order valence-corrected chi connectivity index (χ0v) is 14.2. The van der Waals surface area contributed by atoms with Crippen molar-refractivity contribution < 1.29 is 14.3 Å². The number of carbonyl (C=O) groups is 1. The molecule has 3 rings (SSSR count). The summed E-state index contributed by atoms with van der Waals surface area (Å²) in [5, 5.41) is 5.57. The highest BCUT2D eigenvalue weighted by molar-refractivity contribution is 5.87. The summed E-state index contributed by atoms with van der Waals surface area (Å²) in [7, 11) is 3.11. The third kappa shape index (κ3) is 3.29. The largest absolute Gasteiger partial charge is 0.496 e. The van der Waals surface area contributed by atoms with E-state index in [-0.39, 0.29) is 12.0 Å². The van der Waals surface area contributed by atoms with Crippen molar-refractivity contribution in [2.24, 2.45) is 5.92 Å². The van der Waals surface area contributed by atoms with E-state index in [1.807, 2.05) is 12.1 Å². The van der Waals surface area contributed by atoms with E-state index in [0.717, 1.165) is 36.1 Å². The highest BCUT2D eigenvalue weighted by atomic mass is 16.5. The first kappa shape index (κ1) is 16.5. The topological polar surface area (TPSA) is 47.6 Å². The Morgan fingerprint density at radius 2 is 2.12 bits per heavy atom. The van der Waals surface area contributed by atoms with Crippen molar-refractivity contribution in [3.63, 3.8) is 0 Å². The first-order valence-electron chi connectivity index (χ1n) is 8.19. The summed E-state index contributed by atoms with van der Waals surface area (Å²) in [5.74, 6) is 1.12. The van der Waals surface area contributed by atoms with E-state index >= 15 is 0 Å². The van der Waals surface area contributed by atoms with Gasteiger partial charge in [-0.3, -0.25) is 4.79 Å². The van der Waals surface area contributed by atoms with Crippen molar-refractivity contribution in [3.05, 3.63) is 48.0 Å². The predicted octanol–water partition coefficient (Wildman–Crippen LogP) is 3.19. The minimum Gasteiger partial charge on any atom is -0.496 e. The van der Waals surface area contributed by atoms with Gasteiger partial charge in [0.1, 0.15) is 11.8 Å². The maximum absolute atomic E-state index is 11.6. The number of ether oxygens (including phenoxy) is 2. The summed E-state index contributed by atoms with van der Waals surface area (Å²) in [6.45, 7) is 4.70. The number of methoxy groups -OCH3 is 2. The molecule has 1 saturated heterocycles. The Balaban J connectivity index is 1.79. The Bertz CT molecular complexity index is 769. The monoisotopic (exact) mass is 325 g/mol. The Morgan fingerprint density at radius 1 is 1.29 bits per heavy atom. The molecule has 2 aromatic carbocycles. The maximum atomic E-state index is 11.6. The van der Waals surface area contributed by atoms with Gasteiger partial charge in [0.25, 0.3) is 0 Å². The van der Waals surface area contributed by atoms with Crippen molar-refractivity contribution in [1.29, 1.82) is 0 Å². The molecule has 0 saturated carbocycles. The molecule has 0 aliphatic carbocycles. The molecular weight excluding hydrogens is 302 g/mol. The van der Waals surface area contributed by atoms with Crippen LogP contribution >= 0.6 is 0 Å². The molecule has 0 radical (unpaired) electrons. The molecule has 4 heteroatoms. The Labute approximate surface area is 142 Å². The first-order chi connectivity index (χ1) is 11.6. The molecule has 0 aromatic heterocycles. The van der Waals surface area contributed by atoms with Gasteiger partial charge in [-0.15, -0.1) is 0 Å². The Hall–Kier alpha value is -2.33. The van der Waals surface area contributed by atoms with Crippen LogP contribution in [0.25, 0.3) is 16.8 Å². The second-order valence-electron chi connectivity index (χ2n) is 6.27. The number of hydrogen-bond donors (Lipinski definition) is 1. The summed E-state index contributed by atoms with van der Waals surface area (Å²) in [6.07, 6.45) is 3.59. The van der Waals surface area contributed by atoms with Crippen molar-refractivity contribution in [3.8, 4) is 5.75 Å². The summed E-state index contributed by atoms with van der Waals surface area (Å²) in [6, 6.07) is 10.5. The van der Waals surface area contributed by atoms with E-state index in [1.54, 1.807) is 7.11 Å². The summed E-state index contributed by atoms with van der Waals surface area (Å²) in [5.41, 5.74) is 2.27. The maximum Gasteiger partial charge on any atom is 0.322 e. The second-order valence-corrected chi connectivity index (χ2v) is 6.27. The van der Waals surface area contributed by atoms with Gasteiger partial charge in [-0.05, 0) is 53.8 Å². The van der Waals surface area contributed by atoms with Crippen LogP contribution in [-0.4, -0.2) is 32.8 Å². The van der Waals surface area contributed by atoms with Gasteiger partial charge in [0.05, 0.1) is 14.2 Å². The Morgan fingerprint density at radius 3 is 2.83 bits per heavy atom. The van der Waals surface area contributed by atoms with E-state index in [1.165, 1.54) is 18.1 Å². The van der Waals surface area contributed by atoms with Crippen molar-refractivity contribution in [1.82, 2.24) is 5.32 Å². The quantitative estimate of drug-likeness (QED) is 0.858. The molecule has 0 bridgehead atoms. The van der Waals surface area contributed by atoms with E-state index in [9.17, 15) is 4.79 Å². The normalized spacial score (nSPS) is 20.1. The van der Waals surface area contributed by atoms with Crippen LogP contribution in [0, 0.1) is 5.92 Å². The van der Waals surface area contributed by atoms with Gasteiger partial charge < -0.3 is 14.8 Å². The van der Waals surface area contributed by atoms with Gasteiger partial charge in [0.2, 0.25) is 0 Å². The molecule has 2 unspecified atom stereocenters. The van der Waals surface area contributed by atoms with Crippen LogP contribution in [0.4, 0.5) is 0 Å². The van der Waals surface area contributed by atoms with Gasteiger partial charge in [0, 0.05) is 5.56 Å². The number of benzene rings is 2. The molecule has 24 heavy (non-hydrogen) atoms. The fraction of sp³-hybridized carbons (Fsp3) is 0.350. The van der Waals surface area contributed by atoms with Crippen LogP contribution in [0.2, 0.25) is 0 Å². The minimum absolute atomic E-state index is 0.168. The van der Waals surface area contributed by atoms with Gasteiger partial charge in [-0.1, -0.05) is 30.9 Å². The molecule has 2 atom stereocenters. The number of hydrogen-bond acceptors (Lipinski definition) is 4. The van der Waals surface area contributed by atoms with Crippen LogP contribution < -0.4 is 10.1 Å². The molecule has 126 valence electrons. The number of esters is 1. The lowest BCUT2D eigenvalue weighted by molar-refractivity contribution is -0.142. The fourth-order valence-electron chi connectivity index (χ4n) is 3.43. The molecular formula is C20H23NO3. The van der Waals surface area contributed by atoms with E-state index in [2.05, 4.69) is 36.2 Å². The molecule has 0 amide bonds. The van der Waals surface area contributed by atoms with Gasteiger partial charge >= 0.3 is 5.97 Å². The average Bonchev–Trinajstić information content (AvgIpc) is 3.08. The third-order valence-corrected chi connectivity index (χ3v) is 4.71. The zero-order chi connectivity index (χ0) is 17.1. The molecule has 4 nitrogen and oxygen atoms in total. The third-order valence-electron chi connectivity index (χ3n) is 4.71. The average molecular weight is 325 g/mol. The SMILES string of the molecule is C=Cc1cc2cc(CC3CNC(C(=O)OC)C3)ccc2cc1OC. The van der Waals surface area contributed by atoms with Crippen molar-refractivity contribution in [2.75, 3.05) is 20.8 Å². The van der Waals surface area contributed by atoms with Crippen LogP contribution in [-0.2, 0) is 16.0 Å². The summed E-state index contributed by atoms with van der Waals surface area (Å²) < 4.78 is 10.2. The number of fused-ring (bicyclic) bond motifs is 1. The molecule has 1 fully saturated rings. The minimum atomic E-state index is -0.169. The van der Waals surface area contributed by atoms with Crippen LogP contribution in [0.5, 0.6) is 5.75 Å². The van der Waals surface area contributed by atoms with Crippen LogP contribution in [0.3, 0.4) is 0 Å². The van der Waals surface area contributed by atoms with E-state index < -0.39 is 0 Å². The second kappa shape index (κ2) is 7.05. The lowest BCUT2D eigenvalue weighted by Crippen LogP contribution is -2.31. The zero-order valence-electron chi connectivity index (χ0n) is 14.2. The highest BCUT2D eigenvalue weighted by Gasteiger charge is 2.29. The fourth-order valence-corrected chi connectivity index (χ4v) is 3.43. The molecule has 1 aliphatic heterocycles. The molecule has 1 heterocycles. The van der Waals surface area contributed by atoms with E-state index in [4.69, 9.17) is 9.47 Å². The van der Waals surface area contributed by atoms with Gasteiger partial charge in [-0.25, -0.2) is 0 Å². The molecule has 1 aliphatic rings. The number of carbonyl (C=O) groups excluding carboxylic acids is 1. The first-order valence-corrected chi connectivity index (χ1v) is 8.19. The van der Waals surface area contributed by atoms with Crippen LogP contribution in [0.15, 0.2) is 36.9 Å². The molecule has 0 spiro atoms. The summed E-state index contributed by atoms with van der Waals surface area (Å²) in [4.78, 5) is 11.6. The number of nitrogens with one attached hydrogen (secondary N) is 1. The van der Waals surface area contributed by atoms with Crippen molar-refractivity contribution >= 4 is 22.8 Å². The highest BCUT2D eigenvalue weighted by Crippen LogP contribution is 2.29. The Kier molecular flexibility index (Phi) is 4.86. The van der Waals surface area contributed by atoms with Gasteiger partial charge in [-0.2, -0.15) is 0 Å². The summed E-state index contributed by atoms with van der Waals surface area (Å²) >= 11 is 0. The van der Waals surface area contributed by atoms with Crippen LogP contribution in [0.1, 0.15) is 17.5 Å². The number of rotatable bonds is 5. The van der Waals surface area contributed by atoms with Gasteiger partial charge in [0.15, 0.2) is 0 Å². The molecule has 1 N–H and O–H groups in total. The van der Waals surface area contributed by atoms with Crippen molar-refractivity contribution in [2.45, 2.75) is 18.9 Å². The lowest BCUT2D eigenvalue weighted by atomic mass is 9.94. The smallest absolute Gasteiger partial charge is 0.322 e. The predicted molar refractivity (Wildman–Crippen MR) is 96.2 cm³/mol. The lowest BCUT2D eigenvalue weighted by Gasteiger charge is -2.12.